The number of H-pyrrole nitrogens is 1. The number of carboxylic acid groups (broad SMARTS) is 1. The van der Waals surface area contributed by atoms with Crippen molar-refractivity contribution in [2.45, 2.75) is 0 Å². The minimum Gasteiger partial charge on any atom is -0.508 e. The number of aromatic carboxylic acids is 1. The minimum atomic E-state index is -1.15. The molecule has 6 heteroatoms. The predicted octanol–water partition coefficient (Wildman–Crippen LogP) is 3.29. The topological polar surface area (TPSA) is 99.6 Å². The third-order valence-corrected chi connectivity index (χ3v) is 3.80. The number of fused-ring (bicyclic) bond motifs is 1. The Hall–Kier alpha value is -3.54. The van der Waals surface area contributed by atoms with Crippen molar-refractivity contribution in [2.75, 3.05) is 7.11 Å². The van der Waals surface area contributed by atoms with Gasteiger partial charge in [0.05, 0.1) is 23.9 Å². The van der Waals surface area contributed by atoms with Gasteiger partial charge in [-0.25, -0.2) is 9.59 Å². The first kappa shape index (κ1) is 16.3. The second-order valence-corrected chi connectivity index (χ2v) is 5.37. The van der Waals surface area contributed by atoms with Gasteiger partial charge in [-0.05, 0) is 29.8 Å². The highest BCUT2D eigenvalue weighted by Gasteiger charge is 2.24. The molecule has 0 aliphatic carbocycles. The van der Waals surface area contributed by atoms with Gasteiger partial charge in [-0.3, -0.25) is 0 Å². The summed E-state index contributed by atoms with van der Waals surface area (Å²) in [7, 11) is 1.23. The van der Waals surface area contributed by atoms with Gasteiger partial charge in [0, 0.05) is 10.9 Å². The monoisotopic (exact) mass is 337 g/mol. The first-order chi connectivity index (χ1) is 12.0. The maximum atomic E-state index is 12.3. The molecule has 3 rings (SSSR count). The van der Waals surface area contributed by atoms with Gasteiger partial charge in [-0.1, -0.05) is 30.3 Å². The first-order valence-electron chi connectivity index (χ1n) is 7.44. The molecular weight excluding hydrogens is 322 g/mol. The summed E-state index contributed by atoms with van der Waals surface area (Å²) < 4.78 is 4.82. The summed E-state index contributed by atoms with van der Waals surface area (Å²) in [5.74, 6) is -1.72. The molecule has 0 saturated carbocycles. The number of ether oxygens (including phenoxy) is 1. The van der Waals surface area contributed by atoms with Crippen LogP contribution in [0.15, 0.2) is 48.5 Å². The maximum Gasteiger partial charge on any atom is 0.340 e. The molecule has 0 fully saturated rings. The number of aromatic hydroxyl groups is 1. The quantitative estimate of drug-likeness (QED) is 0.501. The van der Waals surface area contributed by atoms with Crippen LogP contribution in [-0.2, 0) is 9.53 Å². The molecule has 1 heterocycles. The van der Waals surface area contributed by atoms with Crippen LogP contribution in [0.2, 0.25) is 0 Å². The smallest absolute Gasteiger partial charge is 0.340 e. The van der Waals surface area contributed by atoms with Crippen LogP contribution >= 0.6 is 0 Å². The van der Waals surface area contributed by atoms with Crippen molar-refractivity contribution in [3.63, 3.8) is 0 Å². The van der Waals surface area contributed by atoms with E-state index in [4.69, 9.17) is 4.74 Å². The fourth-order valence-electron chi connectivity index (χ4n) is 2.65. The van der Waals surface area contributed by atoms with Crippen molar-refractivity contribution < 1.29 is 24.5 Å². The summed E-state index contributed by atoms with van der Waals surface area (Å²) >= 11 is 0. The normalized spacial score (nSPS) is 11.5. The van der Waals surface area contributed by atoms with E-state index in [0.29, 0.717) is 16.5 Å². The number of hydrogen-bond donors (Lipinski definition) is 3. The van der Waals surface area contributed by atoms with E-state index >= 15 is 0 Å². The fourth-order valence-corrected chi connectivity index (χ4v) is 2.65. The average Bonchev–Trinajstić information content (AvgIpc) is 3.00. The van der Waals surface area contributed by atoms with Crippen LogP contribution in [-0.4, -0.2) is 34.2 Å². The van der Waals surface area contributed by atoms with Crippen LogP contribution in [0.1, 0.15) is 21.6 Å². The zero-order chi connectivity index (χ0) is 18.0. The Labute approximate surface area is 143 Å². The number of phenolic OH excluding ortho intramolecular Hbond substituents is 1. The molecule has 1 aromatic heterocycles. The van der Waals surface area contributed by atoms with E-state index in [1.54, 1.807) is 36.4 Å². The summed E-state index contributed by atoms with van der Waals surface area (Å²) in [5.41, 5.74) is 1.49. The number of carboxylic acids is 1. The van der Waals surface area contributed by atoms with E-state index in [1.807, 2.05) is 0 Å². The molecule has 3 aromatic rings. The highest BCUT2D eigenvalue weighted by Crippen LogP contribution is 2.29. The standard InChI is InChI=1S/C19H15NO5/c1-25-19(24)14(10-11-6-8-12(21)9-7-11)17-16(18(22)23)13-4-2-3-5-15(13)20-17/h2-10,20-21H,1H3,(H,22,23). The Balaban J connectivity index is 2.25. The molecule has 0 amide bonds. The number of para-hydroxylation sites is 1. The number of aromatic nitrogens is 1. The Morgan fingerprint density at radius 2 is 1.76 bits per heavy atom. The third-order valence-electron chi connectivity index (χ3n) is 3.80. The summed E-state index contributed by atoms with van der Waals surface area (Å²) in [6.07, 6.45) is 1.52. The SMILES string of the molecule is COC(=O)C(=Cc1ccc(O)cc1)c1[nH]c2ccccc2c1C(=O)O. The molecule has 0 aliphatic rings. The van der Waals surface area contributed by atoms with Crippen molar-refractivity contribution >= 4 is 34.5 Å². The lowest BCUT2D eigenvalue weighted by atomic mass is 10.0. The summed E-state index contributed by atoms with van der Waals surface area (Å²) in [4.78, 5) is 27.1. The number of methoxy groups -OCH3 is 1. The van der Waals surface area contributed by atoms with Crippen LogP contribution in [0.3, 0.4) is 0 Å². The van der Waals surface area contributed by atoms with Gasteiger partial charge in [0.1, 0.15) is 5.75 Å². The van der Waals surface area contributed by atoms with Gasteiger partial charge < -0.3 is 19.9 Å². The number of carbonyl (C=O) groups excluding carboxylic acids is 1. The van der Waals surface area contributed by atoms with Crippen molar-refractivity contribution in [1.29, 1.82) is 0 Å². The molecule has 6 nitrogen and oxygen atoms in total. The Morgan fingerprint density at radius 3 is 2.40 bits per heavy atom. The summed E-state index contributed by atoms with van der Waals surface area (Å²) in [6, 6.07) is 13.1. The van der Waals surface area contributed by atoms with Crippen molar-refractivity contribution in [1.82, 2.24) is 4.98 Å². The number of benzene rings is 2. The third kappa shape index (κ3) is 3.10. The molecule has 3 N–H and O–H groups in total. The largest absolute Gasteiger partial charge is 0.508 e. The Kier molecular flexibility index (Phi) is 4.26. The van der Waals surface area contributed by atoms with Gasteiger partial charge >= 0.3 is 11.9 Å². The molecule has 0 atom stereocenters. The van der Waals surface area contributed by atoms with Crippen LogP contribution in [0.5, 0.6) is 5.75 Å². The van der Waals surface area contributed by atoms with Crippen LogP contribution < -0.4 is 0 Å². The average molecular weight is 337 g/mol. The van der Waals surface area contributed by atoms with Gasteiger partial charge in [-0.2, -0.15) is 0 Å². The molecule has 126 valence electrons. The maximum absolute atomic E-state index is 12.3. The number of esters is 1. The zero-order valence-electron chi connectivity index (χ0n) is 13.3. The molecule has 0 saturated heterocycles. The van der Waals surface area contributed by atoms with E-state index in [2.05, 4.69) is 4.98 Å². The zero-order valence-corrected chi connectivity index (χ0v) is 13.3. The molecule has 0 unspecified atom stereocenters. The molecule has 0 bridgehead atoms. The van der Waals surface area contributed by atoms with Gasteiger partial charge in [0.2, 0.25) is 0 Å². The number of aromatic amines is 1. The number of hydrogen-bond acceptors (Lipinski definition) is 4. The van der Waals surface area contributed by atoms with E-state index < -0.39 is 11.9 Å². The number of rotatable bonds is 4. The lowest BCUT2D eigenvalue weighted by molar-refractivity contribution is -0.133. The highest BCUT2D eigenvalue weighted by atomic mass is 16.5. The van der Waals surface area contributed by atoms with E-state index in [-0.39, 0.29) is 22.6 Å². The first-order valence-corrected chi connectivity index (χ1v) is 7.44. The lowest BCUT2D eigenvalue weighted by Gasteiger charge is -2.06. The van der Waals surface area contributed by atoms with Crippen molar-refractivity contribution in [3.05, 3.63) is 65.4 Å². The van der Waals surface area contributed by atoms with Gasteiger partial charge in [0.15, 0.2) is 0 Å². The van der Waals surface area contributed by atoms with Gasteiger partial charge in [-0.15, -0.1) is 0 Å². The second kappa shape index (κ2) is 6.52. The summed E-state index contributed by atoms with van der Waals surface area (Å²) in [6.45, 7) is 0. The fraction of sp³-hybridized carbons (Fsp3) is 0.0526. The van der Waals surface area contributed by atoms with E-state index in [9.17, 15) is 19.8 Å². The van der Waals surface area contributed by atoms with Crippen LogP contribution in [0.4, 0.5) is 0 Å². The molecule has 25 heavy (non-hydrogen) atoms. The van der Waals surface area contributed by atoms with E-state index in [0.717, 1.165) is 0 Å². The number of carbonyl (C=O) groups is 2. The number of nitrogens with one attached hydrogen (secondary N) is 1. The Morgan fingerprint density at radius 1 is 1.08 bits per heavy atom. The molecule has 0 radical (unpaired) electrons. The minimum absolute atomic E-state index is 0.00558. The number of phenols is 1. The molecule has 0 spiro atoms. The van der Waals surface area contributed by atoms with Crippen molar-refractivity contribution in [2.24, 2.45) is 0 Å². The molecular formula is C19H15NO5. The summed E-state index contributed by atoms with van der Waals surface area (Å²) in [5, 5.41) is 19.5. The van der Waals surface area contributed by atoms with Crippen molar-refractivity contribution in [3.8, 4) is 5.75 Å². The highest BCUT2D eigenvalue weighted by molar-refractivity contribution is 6.25. The Bertz CT molecular complexity index is 983. The van der Waals surface area contributed by atoms with Gasteiger partial charge in [0.25, 0.3) is 0 Å². The second-order valence-electron chi connectivity index (χ2n) is 5.37. The molecule has 0 aliphatic heterocycles. The van der Waals surface area contributed by atoms with Crippen LogP contribution in [0.25, 0.3) is 22.6 Å². The van der Waals surface area contributed by atoms with E-state index in [1.165, 1.54) is 25.3 Å². The lowest BCUT2D eigenvalue weighted by Crippen LogP contribution is -2.08. The van der Waals surface area contributed by atoms with Crippen LogP contribution in [0, 0.1) is 0 Å². The molecule has 2 aromatic carbocycles. The predicted molar refractivity (Wildman–Crippen MR) is 93.3 cm³/mol.